The number of aromatic amines is 2. The molecule has 0 aliphatic rings. The van der Waals surface area contributed by atoms with Gasteiger partial charge in [0.1, 0.15) is 24.0 Å². The topological polar surface area (TPSA) is 108 Å². The van der Waals surface area contributed by atoms with Crippen molar-refractivity contribution in [1.82, 2.24) is 19.9 Å². The SMILES string of the molecule is [C-]#[N+]c1ccc(-c2nc3ccc(C(=O)Cc4ccc5nc(-c6ccc(OCCO)cc6)[nH]c5c4)cc3[nH]2)cc1. The third-order valence-corrected chi connectivity index (χ3v) is 6.47. The molecule has 190 valence electrons. The number of aliphatic hydroxyl groups is 1. The summed E-state index contributed by atoms with van der Waals surface area (Å²) in [4.78, 5) is 32.5. The molecule has 39 heavy (non-hydrogen) atoms. The Morgan fingerprint density at radius 2 is 1.44 bits per heavy atom. The second kappa shape index (κ2) is 10.2. The number of hydrogen-bond acceptors (Lipinski definition) is 5. The van der Waals surface area contributed by atoms with E-state index in [1.165, 1.54) is 0 Å². The molecule has 2 aromatic heterocycles. The number of aromatic nitrogens is 4. The fourth-order valence-electron chi connectivity index (χ4n) is 4.48. The van der Waals surface area contributed by atoms with Gasteiger partial charge in [-0.15, -0.1) is 0 Å². The van der Waals surface area contributed by atoms with E-state index in [9.17, 15) is 4.79 Å². The first-order chi connectivity index (χ1) is 19.1. The van der Waals surface area contributed by atoms with Crippen molar-refractivity contribution < 1.29 is 14.6 Å². The number of aliphatic hydroxyl groups excluding tert-OH is 1. The largest absolute Gasteiger partial charge is 0.491 e. The number of carbonyl (C=O) groups excluding carboxylic acids is 1. The molecular formula is C31H23N5O3. The van der Waals surface area contributed by atoms with Gasteiger partial charge in [0.25, 0.3) is 0 Å². The van der Waals surface area contributed by atoms with Crippen molar-refractivity contribution in [3.05, 3.63) is 107 Å². The fourth-order valence-corrected chi connectivity index (χ4v) is 4.48. The van der Waals surface area contributed by atoms with Crippen LogP contribution in [0, 0.1) is 6.57 Å². The molecule has 0 saturated heterocycles. The number of nitrogens with one attached hydrogen (secondary N) is 2. The van der Waals surface area contributed by atoms with Crippen molar-refractivity contribution in [2.45, 2.75) is 6.42 Å². The lowest BCUT2D eigenvalue weighted by atomic mass is 10.0. The van der Waals surface area contributed by atoms with Crippen molar-refractivity contribution >= 4 is 33.5 Å². The third-order valence-electron chi connectivity index (χ3n) is 6.47. The van der Waals surface area contributed by atoms with Crippen molar-refractivity contribution in [2.24, 2.45) is 0 Å². The second-order valence-corrected chi connectivity index (χ2v) is 9.11. The van der Waals surface area contributed by atoms with E-state index in [0.29, 0.717) is 22.8 Å². The first-order valence-electron chi connectivity index (χ1n) is 12.4. The molecule has 6 aromatic rings. The quantitative estimate of drug-likeness (QED) is 0.168. The zero-order chi connectivity index (χ0) is 26.8. The van der Waals surface area contributed by atoms with Crippen LogP contribution in [0.5, 0.6) is 5.75 Å². The van der Waals surface area contributed by atoms with Crippen molar-refractivity contribution in [1.29, 1.82) is 0 Å². The normalized spacial score (nSPS) is 11.1. The molecule has 0 aliphatic carbocycles. The molecule has 0 unspecified atom stereocenters. The lowest BCUT2D eigenvalue weighted by Crippen LogP contribution is -2.03. The van der Waals surface area contributed by atoms with Crippen LogP contribution in [-0.4, -0.2) is 44.0 Å². The zero-order valence-corrected chi connectivity index (χ0v) is 20.8. The molecule has 3 N–H and O–H groups in total. The summed E-state index contributed by atoms with van der Waals surface area (Å²) < 4.78 is 5.42. The number of nitrogens with zero attached hydrogens (tertiary/aromatic N) is 3. The number of imidazole rings is 2. The summed E-state index contributed by atoms with van der Waals surface area (Å²) in [6.07, 6.45) is 0.256. The summed E-state index contributed by atoms with van der Waals surface area (Å²) in [7, 11) is 0. The average molecular weight is 514 g/mol. The first kappa shape index (κ1) is 24.1. The molecule has 0 bridgehead atoms. The third kappa shape index (κ3) is 4.99. The van der Waals surface area contributed by atoms with E-state index >= 15 is 0 Å². The van der Waals surface area contributed by atoms with E-state index in [1.54, 1.807) is 18.2 Å². The zero-order valence-electron chi connectivity index (χ0n) is 20.8. The highest BCUT2D eigenvalue weighted by molar-refractivity contribution is 6.00. The molecule has 0 saturated carbocycles. The first-order valence-corrected chi connectivity index (χ1v) is 12.4. The standard InChI is InChI=1S/C31H23N5O3/c1-32-23-8-3-20(4-9-23)30-34-26-13-7-22(18-28(26)36-30)29(38)17-19-2-12-25-27(16-19)35-31(33-25)21-5-10-24(11-6-21)39-15-14-37/h2-13,16,18,37H,14-15,17H2,(H,33,35)(H,34,36). The van der Waals surface area contributed by atoms with Gasteiger partial charge < -0.3 is 19.8 Å². The summed E-state index contributed by atoms with van der Waals surface area (Å²) in [5.74, 6) is 2.11. The van der Waals surface area contributed by atoms with Crippen LogP contribution < -0.4 is 4.74 Å². The lowest BCUT2D eigenvalue weighted by molar-refractivity contribution is 0.0993. The van der Waals surface area contributed by atoms with Crippen molar-refractivity contribution in [3.63, 3.8) is 0 Å². The van der Waals surface area contributed by atoms with Gasteiger partial charge in [0.2, 0.25) is 0 Å². The van der Waals surface area contributed by atoms with Crippen LogP contribution in [-0.2, 0) is 6.42 Å². The predicted octanol–water partition coefficient (Wildman–Crippen LogP) is 6.12. The smallest absolute Gasteiger partial charge is 0.187 e. The number of ketones is 1. The van der Waals surface area contributed by atoms with Gasteiger partial charge in [0.05, 0.1) is 35.2 Å². The Morgan fingerprint density at radius 1 is 0.821 bits per heavy atom. The molecule has 0 amide bonds. The lowest BCUT2D eigenvalue weighted by Gasteiger charge is -2.04. The molecule has 4 aromatic carbocycles. The van der Waals surface area contributed by atoms with Gasteiger partial charge in [-0.05, 0) is 60.2 Å². The maximum atomic E-state index is 13.2. The molecule has 8 nitrogen and oxygen atoms in total. The molecule has 0 radical (unpaired) electrons. The fraction of sp³-hybridized carbons (Fsp3) is 0.0968. The number of carbonyl (C=O) groups is 1. The molecular weight excluding hydrogens is 490 g/mol. The Kier molecular flexibility index (Phi) is 6.33. The maximum absolute atomic E-state index is 13.2. The van der Waals surface area contributed by atoms with Gasteiger partial charge in [-0.2, -0.15) is 0 Å². The highest BCUT2D eigenvalue weighted by Crippen LogP contribution is 2.26. The number of hydrogen-bond donors (Lipinski definition) is 3. The monoisotopic (exact) mass is 513 g/mol. The summed E-state index contributed by atoms with van der Waals surface area (Å²) in [6.45, 7) is 7.33. The molecule has 0 fully saturated rings. The van der Waals surface area contributed by atoms with Crippen LogP contribution >= 0.6 is 0 Å². The van der Waals surface area contributed by atoms with E-state index in [2.05, 4.69) is 24.8 Å². The highest BCUT2D eigenvalue weighted by Gasteiger charge is 2.13. The van der Waals surface area contributed by atoms with Gasteiger partial charge in [-0.25, -0.2) is 14.8 Å². The molecule has 6 rings (SSSR count). The number of H-pyrrole nitrogens is 2. The summed E-state index contributed by atoms with van der Waals surface area (Å²) in [6, 6.07) is 26.0. The summed E-state index contributed by atoms with van der Waals surface area (Å²) in [5.41, 5.74) is 7.09. The Balaban J connectivity index is 1.19. The van der Waals surface area contributed by atoms with Crippen LogP contribution in [0.1, 0.15) is 15.9 Å². The minimum atomic E-state index is -0.0322. The van der Waals surface area contributed by atoms with Crippen LogP contribution in [0.4, 0.5) is 5.69 Å². The van der Waals surface area contributed by atoms with E-state index in [1.807, 2.05) is 66.7 Å². The Bertz CT molecular complexity index is 1840. The van der Waals surface area contributed by atoms with Crippen LogP contribution in [0.2, 0.25) is 0 Å². The number of Topliss-reactive ketones (excluding diaryl/α,β-unsaturated/α-hetero) is 1. The van der Waals surface area contributed by atoms with Gasteiger partial charge in [0.15, 0.2) is 11.5 Å². The molecule has 0 spiro atoms. The minimum absolute atomic E-state index is 0.00650. The average Bonchev–Trinajstić information content (AvgIpc) is 3.60. The highest BCUT2D eigenvalue weighted by atomic mass is 16.5. The summed E-state index contributed by atoms with van der Waals surface area (Å²) in [5, 5.41) is 8.91. The minimum Gasteiger partial charge on any atom is -0.491 e. The predicted molar refractivity (Wildman–Crippen MR) is 150 cm³/mol. The number of rotatable bonds is 8. The van der Waals surface area contributed by atoms with Crippen LogP contribution in [0.25, 0.3) is 49.7 Å². The van der Waals surface area contributed by atoms with Crippen LogP contribution in [0.15, 0.2) is 84.9 Å². The number of fused-ring (bicyclic) bond motifs is 2. The van der Waals surface area contributed by atoms with E-state index in [4.69, 9.17) is 16.4 Å². The molecule has 2 heterocycles. The Labute approximate surface area is 223 Å². The Morgan fingerprint density at radius 3 is 2.08 bits per heavy atom. The van der Waals surface area contributed by atoms with Gasteiger partial charge in [0, 0.05) is 23.1 Å². The summed E-state index contributed by atoms with van der Waals surface area (Å²) >= 11 is 0. The molecule has 0 aliphatic heterocycles. The maximum Gasteiger partial charge on any atom is 0.187 e. The van der Waals surface area contributed by atoms with E-state index in [0.717, 1.165) is 44.6 Å². The molecule has 8 heteroatoms. The van der Waals surface area contributed by atoms with Crippen molar-refractivity contribution in [2.75, 3.05) is 13.2 Å². The molecule has 0 atom stereocenters. The van der Waals surface area contributed by atoms with Gasteiger partial charge in [-0.1, -0.05) is 30.3 Å². The number of benzene rings is 4. The van der Waals surface area contributed by atoms with E-state index in [-0.39, 0.29) is 25.4 Å². The van der Waals surface area contributed by atoms with Crippen molar-refractivity contribution in [3.8, 4) is 28.5 Å². The second-order valence-electron chi connectivity index (χ2n) is 9.11. The van der Waals surface area contributed by atoms with Crippen LogP contribution in [0.3, 0.4) is 0 Å². The van der Waals surface area contributed by atoms with Gasteiger partial charge >= 0.3 is 0 Å². The number of ether oxygens (including phenoxy) is 1. The van der Waals surface area contributed by atoms with Gasteiger partial charge in [-0.3, -0.25) is 4.79 Å². The Hall–Kier alpha value is -5.26. The van der Waals surface area contributed by atoms with E-state index < -0.39 is 0 Å².